The maximum Gasteiger partial charge on any atom is 0.338 e. The lowest BCUT2D eigenvalue weighted by atomic mass is 9.98. The maximum absolute atomic E-state index is 13.1. The Bertz CT molecular complexity index is 1240. The summed E-state index contributed by atoms with van der Waals surface area (Å²) in [6.45, 7) is -0.476. The standard InChI is InChI=1S/C27H24N2O6/c1-33-22-14-12-19(13-15-22)24-16-23(18-6-4-3-5-7-18)28-29(24)25(30)17-35-27(32)21-10-8-20(9-11-21)26(31)34-2/h3-15,24H,16-17H2,1-2H3. The van der Waals surface area contributed by atoms with Crippen molar-refractivity contribution in [3.05, 3.63) is 101 Å². The predicted octanol–water partition coefficient (Wildman–Crippen LogP) is 4.02. The molecule has 0 saturated carbocycles. The van der Waals surface area contributed by atoms with E-state index in [4.69, 9.17) is 9.47 Å². The van der Waals surface area contributed by atoms with Crippen molar-refractivity contribution >= 4 is 23.6 Å². The molecule has 0 bridgehead atoms. The van der Waals surface area contributed by atoms with Crippen LogP contribution in [-0.4, -0.2) is 49.4 Å². The van der Waals surface area contributed by atoms with Crippen LogP contribution < -0.4 is 4.74 Å². The second kappa shape index (κ2) is 10.6. The van der Waals surface area contributed by atoms with Crippen molar-refractivity contribution in [2.75, 3.05) is 20.8 Å². The van der Waals surface area contributed by atoms with E-state index >= 15 is 0 Å². The summed E-state index contributed by atoms with van der Waals surface area (Å²) < 4.78 is 15.1. The van der Waals surface area contributed by atoms with Crippen LogP contribution in [0, 0.1) is 0 Å². The van der Waals surface area contributed by atoms with Crippen LogP contribution in [0.15, 0.2) is 84.0 Å². The smallest absolute Gasteiger partial charge is 0.338 e. The van der Waals surface area contributed by atoms with E-state index in [0.29, 0.717) is 17.7 Å². The van der Waals surface area contributed by atoms with Gasteiger partial charge in [0.25, 0.3) is 5.91 Å². The molecule has 1 heterocycles. The molecule has 1 amide bonds. The molecule has 0 saturated heterocycles. The van der Waals surface area contributed by atoms with Crippen LogP contribution in [0.5, 0.6) is 5.75 Å². The minimum absolute atomic E-state index is 0.215. The monoisotopic (exact) mass is 472 g/mol. The summed E-state index contributed by atoms with van der Waals surface area (Å²) in [4.78, 5) is 37.1. The van der Waals surface area contributed by atoms with Gasteiger partial charge in [0.15, 0.2) is 6.61 Å². The molecular formula is C27H24N2O6. The molecule has 0 aromatic heterocycles. The van der Waals surface area contributed by atoms with Gasteiger partial charge < -0.3 is 14.2 Å². The van der Waals surface area contributed by atoms with Crippen LogP contribution in [0.3, 0.4) is 0 Å². The third kappa shape index (κ3) is 5.38. The Hall–Kier alpha value is -4.46. The van der Waals surface area contributed by atoms with Gasteiger partial charge in [0.05, 0.1) is 37.1 Å². The molecule has 0 spiro atoms. The van der Waals surface area contributed by atoms with Crippen molar-refractivity contribution in [2.24, 2.45) is 5.10 Å². The molecule has 3 aromatic carbocycles. The van der Waals surface area contributed by atoms with Crippen molar-refractivity contribution in [2.45, 2.75) is 12.5 Å². The first-order valence-corrected chi connectivity index (χ1v) is 10.9. The first-order chi connectivity index (χ1) is 17.0. The van der Waals surface area contributed by atoms with Gasteiger partial charge in [-0.05, 0) is 47.5 Å². The topological polar surface area (TPSA) is 94.5 Å². The number of methoxy groups -OCH3 is 2. The molecule has 0 fully saturated rings. The third-order valence-electron chi connectivity index (χ3n) is 5.64. The van der Waals surface area contributed by atoms with Crippen LogP contribution in [-0.2, 0) is 14.3 Å². The minimum Gasteiger partial charge on any atom is -0.497 e. The van der Waals surface area contributed by atoms with Gasteiger partial charge in [-0.15, -0.1) is 0 Å². The van der Waals surface area contributed by atoms with E-state index in [-0.39, 0.29) is 11.6 Å². The second-order valence-corrected chi connectivity index (χ2v) is 7.79. The number of amides is 1. The Morgan fingerprint density at radius 3 is 2.09 bits per heavy atom. The largest absolute Gasteiger partial charge is 0.497 e. The Balaban J connectivity index is 1.49. The minimum atomic E-state index is -0.678. The lowest BCUT2D eigenvalue weighted by molar-refractivity contribution is -0.136. The molecule has 0 N–H and O–H groups in total. The van der Waals surface area contributed by atoms with Gasteiger partial charge >= 0.3 is 11.9 Å². The average molecular weight is 472 g/mol. The zero-order valence-corrected chi connectivity index (χ0v) is 19.3. The number of carbonyl (C=O) groups is 3. The summed E-state index contributed by atoms with van der Waals surface area (Å²) in [5.41, 5.74) is 3.10. The molecule has 1 aliphatic rings. The molecular weight excluding hydrogens is 448 g/mol. The fraction of sp³-hybridized carbons (Fsp3) is 0.185. The molecule has 1 atom stereocenters. The van der Waals surface area contributed by atoms with Gasteiger partial charge in [0.1, 0.15) is 5.75 Å². The Morgan fingerprint density at radius 2 is 1.49 bits per heavy atom. The van der Waals surface area contributed by atoms with E-state index in [9.17, 15) is 14.4 Å². The lowest BCUT2D eigenvalue weighted by Crippen LogP contribution is -2.31. The Morgan fingerprint density at radius 1 is 0.857 bits per heavy atom. The average Bonchev–Trinajstić information content (AvgIpc) is 3.37. The molecule has 0 radical (unpaired) electrons. The highest BCUT2D eigenvalue weighted by Crippen LogP contribution is 2.33. The van der Waals surface area contributed by atoms with Crippen molar-refractivity contribution in [1.82, 2.24) is 5.01 Å². The van der Waals surface area contributed by atoms with E-state index < -0.39 is 24.5 Å². The molecule has 3 aromatic rings. The first-order valence-electron chi connectivity index (χ1n) is 10.9. The van der Waals surface area contributed by atoms with Gasteiger partial charge in [0.2, 0.25) is 0 Å². The van der Waals surface area contributed by atoms with Gasteiger partial charge in [-0.1, -0.05) is 42.5 Å². The Kier molecular flexibility index (Phi) is 7.21. The van der Waals surface area contributed by atoms with Crippen molar-refractivity contribution in [1.29, 1.82) is 0 Å². The van der Waals surface area contributed by atoms with E-state index in [2.05, 4.69) is 9.84 Å². The molecule has 0 aliphatic carbocycles. The predicted molar refractivity (Wildman–Crippen MR) is 128 cm³/mol. The number of ether oxygens (including phenoxy) is 3. The summed E-state index contributed by atoms with van der Waals surface area (Å²) in [7, 11) is 2.87. The molecule has 1 aliphatic heterocycles. The van der Waals surface area contributed by atoms with E-state index in [0.717, 1.165) is 16.8 Å². The third-order valence-corrected chi connectivity index (χ3v) is 5.64. The zero-order valence-electron chi connectivity index (χ0n) is 19.3. The highest BCUT2D eigenvalue weighted by molar-refractivity contribution is 6.03. The second-order valence-electron chi connectivity index (χ2n) is 7.79. The van der Waals surface area contributed by atoms with Gasteiger partial charge in [-0.3, -0.25) is 4.79 Å². The number of nitrogens with zero attached hydrogens (tertiary/aromatic N) is 2. The summed E-state index contributed by atoms with van der Waals surface area (Å²) >= 11 is 0. The molecule has 4 rings (SSSR count). The number of benzene rings is 3. The van der Waals surface area contributed by atoms with E-state index in [1.165, 1.54) is 36.4 Å². The number of esters is 2. The number of hydrogen-bond donors (Lipinski definition) is 0. The van der Waals surface area contributed by atoms with Crippen molar-refractivity contribution in [3.63, 3.8) is 0 Å². The fourth-order valence-electron chi connectivity index (χ4n) is 3.77. The summed E-state index contributed by atoms with van der Waals surface area (Å²) in [5.74, 6) is -0.926. The van der Waals surface area contributed by atoms with Crippen LogP contribution in [0.4, 0.5) is 0 Å². The first kappa shape index (κ1) is 23.7. The van der Waals surface area contributed by atoms with E-state index in [1.54, 1.807) is 7.11 Å². The zero-order chi connectivity index (χ0) is 24.8. The lowest BCUT2D eigenvalue weighted by Gasteiger charge is -2.22. The Labute approximate surface area is 202 Å². The van der Waals surface area contributed by atoms with E-state index in [1.807, 2.05) is 54.6 Å². The van der Waals surface area contributed by atoms with Crippen LogP contribution in [0.25, 0.3) is 0 Å². The summed E-state index contributed by atoms with van der Waals surface area (Å²) in [6, 6.07) is 22.5. The van der Waals surface area contributed by atoms with Crippen molar-refractivity contribution in [3.8, 4) is 5.75 Å². The van der Waals surface area contributed by atoms with Gasteiger partial charge in [-0.2, -0.15) is 5.10 Å². The molecule has 8 heteroatoms. The van der Waals surface area contributed by atoms with Gasteiger partial charge in [-0.25, -0.2) is 14.6 Å². The summed E-state index contributed by atoms with van der Waals surface area (Å²) in [5, 5.41) is 5.95. The molecule has 35 heavy (non-hydrogen) atoms. The number of hydrazone groups is 1. The maximum atomic E-state index is 13.1. The molecule has 178 valence electrons. The van der Waals surface area contributed by atoms with Gasteiger partial charge in [0, 0.05) is 6.42 Å². The fourth-order valence-corrected chi connectivity index (χ4v) is 3.77. The highest BCUT2D eigenvalue weighted by Gasteiger charge is 2.33. The quantitative estimate of drug-likeness (QED) is 0.482. The van der Waals surface area contributed by atoms with Crippen LogP contribution in [0.1, 0.15) is 44.3 Å². The highest BCUT2D eigenvalue weighted by atomic mass is 16.5. The van der Waals surface area contributed by atoms with Crippen LogP contribution >= 0.6 is 0 Å². The van der Waals surface area contributed by atoms with Crippen LogP contribution in [0.2, 0.25) is 0 Å². The summed E-state index contributed by atoms with van der Waals surface area (Å²) in [6.07, 6.45) is 0.519. The number of rotatable bonds is 7. The number of carbonyl (C=O) groups excluding carboxylic acids is 3. The molecule has 1 unspecified atom stereocenters. The normalized spacial score (nSPS) is 14.7. The molecule has 8 nitrogen and oxygen atoms in total. The SMILES string of the molecule is COC(=O)c1ccc(C(=O)OCC(=O)N2N=C(c3ccccc3)CC2c2ccc(OC)cc2)cc1. The number of hydrogen-bond acceptors (Lipinski definition) is 7. The van der Waals surface area contributed by atoms with Crippen molar-refractivity contribution < 1.29 is 28.6 Å².